The Labute approximate surface area is 205 Å². The van der Waals surface area contributed by atoms with Crippen LogP contribution in [0.2, 0.25) is 10.0 Å². The zero-order chi connectivity index (χ0) is 22.7. The molecular weight excluding hydrogens is 488 g/mol. The highest BCUT2D eigenvalue weighted by Gasteiger charge is 2.36. The summed E-state index contributed by atoms with van der Waals surface area (Å²) in [6.45, 7) is 0.681. The largest absolute Gasteiger partial charge is 0.489 e. The van der Waals surface area contributed by atoms with E-state index in [-0.39, 0.29) is 17.0 Å². The molecule has 0 unspecified atom stereocenters. The summed E-state index contributed by atoms with van der Waals surface area (Å²) >= 11 is 18.9. The molecule has 1 atom stereocenters. The maximum Gasteiger partial charge on any atom is 0.242 e. The predicted molar refractivity (Wildman–Crippen MR) is 132 cm³/mol. The molecule has 1 saturated heterocycles. The van der Waals surface area contributed by atoms with Crippen molar-refractivity contribution >= 4 is 57.4 Å². The van der Waals surface area contributed by atoms with Crippen LogP contribution in [0.5, 0.6) is 5.75 Å². The predicted octanol–water partition coefficient (Wildman–Crippen LogP) is 6.68. The van der Waals surface area contributed by atoms with E-state index < -0.39 is 0 Å². The highest BCUT2D eigenvalue weighted by atomic mass is 35.5. The number of carbonyl (C=O) groups is 1. The first-order valence-corrected chi connectivity index (χ1v) is 11.9. The average Bonchev–Trinajstić information content (AvgIpc) is 3.03. The number of thioether (sulfide) groups is 1. The van der Waals surface area contributed by atoms with Crippen LogP contribution in [0, 0.1) is 5.82 Å². The van der Waals surface area contributed by atoms with Gasteiger partial charge in [-0.3, -0.25) is 9.69 Å². The van der Waals surface area contributed by atoms with Crippen molar-refractivity contribution in [3.05, 3.63) is 99.3 Å². The number of benzene rings is 3. The Hall–Kier alpha value is -2.12. The number of halogens is 3. The van der Waals surface area contributed by atoms with Crippen molar-refractivity contribution in [1.82, 2.24) is 4.90 Å². The first-order valence-electron chi connectivity index (χ1n) is 9.81. The number of thiocarbonyl (C=S) groups is 1. The van der Waals surface area contributed by atoms with Gasteiger partial charge in [-0.05, 0) is 53.9 Å². The van der Waals surface area contributed by atoms with Crippen LogP contribution < -0.4 is 4.74 Å². The molecule has 0 aromatic heterocycles. The van der Waals surface area contributed by atoms with Crippen molar-refractivity contribution in [3.63, 3.8) is 0 Å². The van der Waals surface area contributed by atoms with Crippen molar-refractivity contribution in [2.75, 3.05) is 0 Å². The molecule has 0 radical (unpaired) electrons. The minimum Gasteiger partial charge on any atom is -0.489 e. The molecule has 0 aliphatic carbocycles. The van der Waals surface area contributed by atoms with E-state index in [1.165, 1.54) is 23.9 Å². The van der Waals surface area contributed by atoms with Gasteiger partial charge >= 0.3 is 0 Å². The van der Waals surface area contributed by atoms with E-state index in [1.807, 2.05) is 30.3 Å². The molecular formula is C24H18Cl2FNO2S2. The van der Waals surface area contributed by atoms with Gasteiger partial charge in [0.05, 0.1) is 11.8 Å². The van der Waals surface area contributed by atoms with Crippen molar-refractivity contribution in [2.24, 2.45) is 0 Å². The quantitative estimate of drug-likeness (QED) is 0.334. The van der Waals surface area contributed by atoms with E-state index in [4.69, 9.17) is 40.2 Å². The van der Waals surface area contributed by atoms with Crippen LogP contribution in [-0.2, 0) is 24.4 Å². The van der Waals surface area contributed by atoms with E-state index in [0.717, 1.165) is 16.7 Å². The summed E-state index contributed by atoms with van der Waals surface area (Å²) in [6, 6.07) is 19.0. The molecule has 0 saturated carbocycles. The molecule has 4 rings (SSSR count). The summed E-state index contributed by atoms with van der Waals surface area (Å²) in [6.07, 6.45) is 0.562. The second-order valence-corrected chi connectivity index (χ2v) is 9.98. The maximum atomic E-state index is 13.1. The molecule has 3 aromatic rings. The van der Waals surface area contributed by atoms with Crippen LogP contribution >= 0.6 is 47.2 Å². The lowest BCUT2D eigenvalue weighted by Crippen LogP contribution is -2.31. The zero-order valence-electron chi connectivity index (χ0n) is 16.8. The van der Waals surface area contributed by atoms with Gasteiger partial charge in [0.2, 0.25) is 5.91 Å². The van der Waals surface area contributed by atoms with Crippen LogP contribution in [0.1, 0.15) is 16.7 Å². The Morgan fingerprint density at radius 3 is 2.38 bits per heavy atom. The maximum absolute atomic E-state index is 13.1. The fraction of sp³-hybridized carbons (Fsp3) is 0.167. The van der Waals surface area contributed by atoms with Gasteiger partial charge in [0.15, 0.2) is 0 Å². The Balaban J connectivity index is 1.34. The zero-order valence-corrected chi connectivity index (χ0v) is 19.9. The number of nitrogens with zero attached hydrogens (tertiary/aromatic N) is 1. The third kappa shape index (κ3) is 5.62. The SMILES string of the molecule is O=C1[C@H](Cc2ccc(OCc3ccc(Cl)cc3Cl)cc2)SC(=S)N1Cc1ccc(F)cc1. The molecule has 164 valence electrons. The molecule has 8 heteroatoms. The number of hydrogen-bond donors (Lipinski definition) is 0. The molecule has 0 bridgehead atoms. The van der Waals surface area contributed by atoms with Crippen LogP contribution in [-0.4, -0.2) is 20.4 Å². The van der Waals surface area contributed by atoms with Gasteiger partial charge in [-0.25, -0.2) is 4.39 Å². The minimum absolute atomic E-state index is 0.0259. The van der Waals surface area contributed by atoms with E-state index in [9.17, 15) is 9.18 Å². The number of hydrogen-bond acceptors (Lipinski definition) is 4. The van der Waals surface area contributed by atoms with Gasteiger partial charge in [0.25, 0.3) is 0 Å². The molecule has 0 spiro atoms. The third-order valence-electron chi connectivity index (χ3n) is 5.01. The highest BCUT2D eigenvalue weighted by Crippen LogP contribution is 2.31. The van der Waals surface area contributed by atoms with E-state index in [2.05, 4.69) is 0 Å². The summed E-state index contributed by atoms with van der Waals surface area (Å²) in [4.78, 5) is 14.5. The molecule has 32 heavy (non-hydrogen) atoms. The second-order valence-electron chi connectivity index (χ2n) is 7.30. The molecule has 0 N–H and O–H groups in total. The number of amides is 1. The Kier molecular flexibility index (Phi) is 7.36. The number of ether oxygens (including phenoxy) is 1. The van der Waals surface area contributed by atoms with Gasteiger partial charge in [0, 0.05) is 15.6 Å². The standard InChI is InChI=1S/C24H18Cl2FNO2S2/c25-18-6-5-17(21(26)12-18)14-30-20-9-3-15(4-10-20)11-22-23(29)28(24(31)32-22)13-16-1-7-19(27)8-2-16/h1-10,12,22H,11,13-14H2/t22-/m0/s1. The average molecular weight is 506 g/mol. The van der Waals surface area contributed by atoms with Gasteiger partial charge in [-0.2, -0.15) is 0 Å². The molecule has 1 aliphatic heterocycles. The fourth-order valence-electron chi connectivity index (χ4n) is 3.28. The molecule has 1 heterocycles. The summed E-state index contributed by atoms with van der Waals surface area (Å²) in [5.41, 5.74) is 2.70. The van der Waals surface area contributed by atoms with Crippen LogP contribution in [0.4, 0.5) is 4.39 Å². The lowest BCUT2D eigenvalue weighted by molar-refractivity contribution is -0.126. The molecule has 1 aliphatic rings. The monoisotopic (exact) mass is 505 g/mol. The lowest BCUT2D eigenvalue weighted by Gasteiger charge is -2.15. The number of carbonyl (C=O) groups excluding carboxylic acids is 1. The smallest absolute Gasteiger partial charge is 0.242 e. The summed E-state index contributed by atoms with van der Waals surface area (Å²) in [5, 5.41) is 0.868. The number of rotatable bonds is 7. The first kappa shape index (κ1) is 23.1. The summed E-state index contributed by atoms with van der Waals surface area (Å²) in [5.74, 6) is 0.376. The molecule has 3 aromatic carbocycles. The third-order valence-corrected chi connectivity index (χ3v) is 7.18. The minimum atomic E-state index is -0.306. The molecule has 1 fully saturated rings. The van der Waals surface area contributed by atoms with Gasteiger partial charge in [-0.1, -0.05) is 77.5 Å². The Bertz CT molecular complexity index is 1140. The van der Waals surface area contributed by atoms with Crippen molar-refractivity contribution in [1.29, 1.82) is 0 Å². The van der Waals surface area contributed by atoms with E-state index in [1.54, 1.807) is 29.2 Å². The van der Waals surface area contributed by atoms with Crippen molar-refractivity contribution < 1.29 is 13.9 Å². The Morgan fingerprint density at radius 1 is 1.00 bits per heavy atom. The fourth-order valence-corrected chi connectivity index (χ4v) is 5.27. The molecule has 3 nitrogen and oxygen atoms in total. The van der Waals surface area contributed by atoms with Gasteiger partial charge in [0.1, 0.15) is 22.5 Å². The van der Waals surface area contributed by atoms with Gasteiger partial charge < -0.3 is 4.74 Å². The van der Waals surface area contributed by atoms with E-state index >= 15 is 0 Å². The Morgan fingerprint density at radius 2 is 1.69 bits per heavy atom. The van der Waals surface area contributed by atoms with Crippen molar-refractivity contribution in [3.8, 4) is 5.75 Å². The van der Waals surface area contributed by atoms with Gasteiger partial charge in [-0.15, -0.1) is 0 Å². The normalized spacial score (nSPS) is 16.0. The lowest BCUT2D eigenvalue weighted by atomic mass is 10.1. The topological polar surface area (TPSA) is 29.5 Å². The van der Waals surface area contributed by atoms with Crippen LogP contribution in [0.25, 0.3) is 0 Å². The van der Waals surface area contributed by atoms with E-state index in [0.29, 0.717) is 39.7 Å². The first-order chi connectivity index (χ1) is 15.4. The highest BCUT2D eigenvalue weighted by molar-refractivity contribution is 8.24. The molecule has 1 amide bonds. The van der Waals surface area contributed by atoms with Crippen LogP contribution in [0.15, 0.2) is 66.7 Å². The second kappa shape index (κ2) is 10.2. The summed E-state index contributed by atoms with van der Waals surface area (Å²) < 4.78 is 19.5. The summed E-state index contributed by atoms with van der Waals surface area (Å²) in [7, 11) is 0. The van der Waals surface area contributed by atoms with Crippen molar-refractivity contribution in [2.45, 2.75) is 24.8 Å². The van der Waals surface area contributed by atoms with Crippen LogP contribution in [0.3, 0.4) is 0 Å².